The molecule has 0 heterocycles. The van der Waals surface area contributed by atoms with Crippen molar-refractivity contribution >= 4 is 13.2 Å². The Labute approximate surface area is 121 Å². The zero-order chi connectivity index (χ0) is 15.1. The van der Waals surface area contributed by atoms with Gasteiger partial charge in [0.05, 0.1) is 0 Å². The third kappa shape index (κ3) is 12.7. The van der Waals surface area contributed by atoms with Gasteiger partial charge in [-0.2, -0.15) is 0 Å². The van der Waals surface area contributed by atoms with Crippen LogP contribution >= 0.6 is 7.26 Å². The van der Waals surface area contributed by atoms with Gasteiger partial charge in [0.25, 0.3) is 0 Å². The second-order valence-corrected chi connectivity index (χ2v) is 10.6. The first-order chi connectivity index (χ1) is 9.01. The SMILES string of the molecule is CCCC(=O)O.CCC[PH](CCC)(CCC)CCC. The number of carboxylic acid groups (broad SMARTS) is 1. The van der Waals surface area contributed by atoms with Crippen LogP contribution in [-0.2, 0) is 4.79 Å². The maximum absolute atomic E-state index is 9.60. The number of carboxylic acids is 1. The van der Waals surface area contributed by atoms with E-state index in [1.165, 1.54) is 25.7 Å². The normalized spacial score (nSPS) is 11.6. The minimum absolute atomic E-state index is 0.292. The molecule has 19 heavy (non-hydrogen) atoms. The van der Waals surface area contributed by atoms with E-state index in [-0.39, 0.29) is 0 Å². The van der Waals surface area contributed by atoms with Crippen molar-refractivity contribution in [3.8, 4) is 0 Å². The van der Waals surface area contributed by atoms with Crippen molar-refractivity contribution in [2.45, 2.75) is 73.1 Å². The Morgan fingerprint density at radius 2 is 1.05 bits per heavy atom. The predicted molar refractivity (Wildman–Crippen MR) is 91.5 cm³/mol. The molecular weight excluding hydrogens is 255 g/mol. The molecule has 0 aromatic rings. The first kappa shape index (κ1) is 21.2. The number of aliphatic carboxylic acids is 1. The molecule has 0 radical (unpaired) electrons. The summed E-state index contributed by atoms with van der Waals surface area (Å²) in [5, 5.41) is 7.91. The van der Waals surface area contributed by atoms with Crippen molar-refractivity contribution in [1.29, 1.82) is 0 Å². The van der Waals surface area contributed by atoms with Crippen LogP contribution in [0, 0.1) is 0 Å². The van der Waals surface area contributed by atoms with Crippen LogP contribution in [0.5, 0.6) is 0 Å². The molecule has 118 valence electrons. The summed E-state index contributed by atoms with van der Waals surface area (Å²) in [6, 6.07) is 0. The summed E-state index contributed by atoms with van der Waals surface area (Å²) in [5.41, 5.74) is 0. The van der Waals surface area contributed by atoms with E-state index in [4.69, 9.17) is 5.11 Å². The molecule has 1 N–H and O–H groups in total. The molecule has 0 saturated carbocycles. The molecule has 0 aliphatic rings. The van der Waals surface area contributed by atoms with E-state index in [0.717, 1.165) is 6.42 Å². The maximum atomic E-state index is 9.60. The topological polar surface area (TPSA) is 37.3 Å². The molecule has 0 aliphatic carbocycles. The van der Waals surface area contributed by atoms with Crippen molar-refractivity contribution in [3.63, 3.8) is 0 Å². The fraction of sp³-hybridized carbons (Fsp3) is 0.938. The third-order valence-electron chi connectivity index (χ3n) is 3.59. The van der Waals surface area contributed by atoms with Gasteiger partial charge in [-0.15, -0.1) is 0 Å². The zero-order valence-corrected chi connectivity index (χ0v) is 14.9. The molecule has 0 aromatic heterocycles. The summed E-state index contributed by atoms with van der Waals surface area (Å²) >= 11 is 0. The van der Waals surface area contributed by atoms with Crippen molar-refractivity contribution in [2.75, 3.05) is 24.6 Å². The van der Waals surface area contributed by atoms with Crippen molar-refractivity contribution in [3.05, 3.63) is 0 Å². The van der Waals surface area contributed by atoms with Gasteiger partial charge in [-0.05, 0) is 6.42 Å². The Morgan fingerprint density at radius 1 is 0.737 bits per heavy atom. The van der Waals surface area contributed by atoms with E-state index in [1.54, 1.807) is 24.6 Å². The summed E-state index contributed by atoms with van der Waals surface area (Å²) in [6.07, 6.45) is 13.1. The van der Waals surface area contributed by atoms with Crippen LogP contribution in [0.4, 0.5) is 0 Å². The molecule has 0 saturated heterocycles. The average Bonchev–Trinajstić information content (AvgIpc) is 2.31. The molecular formula is C16H37O2P. The van der Waals surface area contributed by atoms with Crippen molar-refractivity contribution < 1.29 is 9.90 Å². The molecule has 0 fully saturated rings. The number of hydrogen-bond acceptors (Lipinski definition) is 1. The second-order valence-electron chi connectivity index (χ2n) is 5.64. The average molecular weight is 292 g/mol. The van der Waals surface area contributed by atoms with E-state index in [2.05, 4.69) is 27.7 Å². The minimum atomic E-state index is -0.796. The van der Waals surface area contributed by atoms with E-state index >= 15 is 0 Å². The Kier molecular flexibility index (Phi) is 16.0. The monoisotopic (exact) mass is 292 g/mol. The number of rotatable bonds is 10. The fourth-order valence-electron chi connectivity index (χ4n) is 3.09. The Morgan fingerprint density at radius 3 is 1.16 bits per heavy atom. The van der Waals surface area contributed by atoms with E-state index in [9.17, 15) is 4.79 Å². The number of carbonyl (C=O) groups is 1. The Balaban J connectivity index is 0. The molecule has 0 atom stereocenters. The first-order valence-electron chi connectivity index (χ1n) is 8.23. The summed E-state index contributed by atoms with van der Waals surface area (Å²) in [6.45, 7) is 11.3. The summed E-state index contributed by atoms with van der Waals surface area (Å²) in [5.74, 6) is -0.711. The van der Waals surface area contributed by atoms with Gasteiger partial charge in [0.1, 0.15) is 0 Å². The van der Waals surface area contributed by atoms with Crippen molar-refractivity contribution in [1.82, 2.24) is 0 Å². The molecule has 0 spiro atoms. The molecule has 0 bridgehead atoms. The number of hydrogen-bond donors (Lipinski definition) is 1. The molecule has 0 unspecified atom stereocenters. The van der Waals surface area contributed by atoms with Gasteiger partial charge in [-0.3, -0.25) is 4.79 Å². The van der Waals surface area contributed by atoms with Crippen LogP contribution in [0.2, 0.25) is 0 Å². The van der Waals surface area contributed by atoms with Gasteiger partial charge in [-0.1, -0.05) is 6.92 Å². The summed E-state index contributed by atoms with van der Waals surface area (Å²) in [7, 11) is -0.796. The molecule has 0 rings (SSSR count). The molecule has 0 amide bonds. The van der Waals surface area contributed by atoms with E-state index in [1.807, 2.05) is 6.92 Å². The first-order valence-corrected chi connectivity index (χ1v) is 11.1. The fourth-order valence-corrected chi connectivity index (χ4v) is 8.83. The van der Waals surface area contributed by atoms with Gasteiger partial charge >= 0.3 is 91.3 Å². The Bertz CT molecular complexity index is 175. The molecule has 3 heteroatoms. The molecule has 0 aromatic carbocycles. The molecule has 2 nitrogen and oxygen atoms in total. The van der Waals surface area contributed by atoms with Gasteiger partial charge in [-0.25, -0.2) is 0 Å². The predicted octanol–water partition coefficient (Wildman–Crippen LogP) is 5.25. The standard InChI is InChI=1S/C12H29P.C4H8O2/c1-5-9-13(10-6-2,11-7-3)12-8-4;1-2-3-4(5)6/h13H,5-12H2,1-4H3;2-3H2,1H3,(H,5,6). The second kappa shape index (κ2) is 14.3. The van der Waals surface area contributed by atoms with Gasteiger partial charge in [0.2, 0.25) is 0 Å². The quantitative estimate of drug-likeness (QED) is 0.558. The van der Waals surface area contributed by atoms with Crippen LogP contribution in [0.3, 0.4) is 0 Å². The summed E-state index contributed by atoms with van der Waals surface area (Å²) < 4.78 is 0. The van der Waals surface area contributed by atoms with Gasteiger partial charge < -0.3 is 5.11 Å². The Hall–Kier alpha value is -0.100. The van der Waals surface area contributed by atoms with Crippen LogP contribution in [0.15, 0.2) is 0 Å². The zero-order valence-electron chi connectivity index (χ0n) is 13.9. The van der Waals surface area contributed by atoms with E-state index < -0.39 is 13.2 Å². The van der Waals surface area contributed by atoms with Crippen molar-refractivity contribution in [2.24, 2.45) is 0 Å². The van der Waals surface area contributed by atoms with E-state index in [0.29, 0.717) is 6.42 Å². The van der Waals surface area contributed by atoms with Crippen LogP contribution in [0.25, 0.3) is 0 Å². The third-order valence-corrected chi connectivity index (χ3v) is 9.83. The van der Waals surface area contributed by atoms with Crippen LogP contribution < -0.4 is 0 Å². The van der Waals surface area contributed by atoms with Gasteiger partial charge in [0, 0.05) is 6.42 Å². The van der Waals surface area contributed by atoms with Crippen LogP contribution in [0.1, 0.15) is 73.1 Å². The summed E-state index contributed by atoms with van der Waals surface area (Å²) in [4.78, 5) is 9.60. The van der Waals surface area contributed by atoms with Gasteiger partial charge in [0.15, 0.2) is 0 Å². The molecule has 0 aliphatic heterocycles. The van der Waals surface area contributed by atoms with Crippen LogP contribution in [-0.4, -0.2) is 35.7 Å².